The predicted octanol–water partition coefficient (Wildman–Crippen LogP) is -2.00. The highest BCUT2D eigenvalue weighted by atomic mass is 16.6. The van der Waals surface area contributed by atoms with Crippen LogP contribution in [0, 0.1) is 11.8 Å². The summed E-state index contributed by atoms with van der Waals surface area (Å²) in [5.74, 6) is 5.20. The molecule has 0 amide bonds. The second-order valence-corrected chi connectivity index (χ2v) is 5.16. The number of aliphatic hydroxyl groups is 3. The Morgan fingerprint density at radius 2 is 2.13 bits per heavy atom. The van der Waals surface area contributed by atoms with Gasteiger partial charge < -0.3 is 31.5 Å². The monoisotopic (exact) mass is 320 g/mol. The molecule has 0 radical (unpaired) electrons. The van der Waals surface area contributed by atoms with Gasteiger partial charge >= 0.3 is 0 Å². The maximum atomic E-state index is 10.3. The highest BCUT2D eigenvalue weighted by molar-refractivity contribution is 5.82. The van der Waals surface area contributed by atoms with Crippen LogP contribution in [0.15, 0.2) is 6.33 Å². The number of aromatic nitrogens is 4. The van der Waals surface area contributed by atoms with Crippen molar-refractivity contribution >= 4 is 22.9 Å². The number of nitrogens with two attached hydrogens (primary N) is 2. The number of anilines is 2. The van der Waals surface area contributed by atoms with Gasteiger partial charge in [0.25, 0.3) is 0 Å². The van der Waals surface area contributed by atoms with Gasteiger partial charge in [-0.3, -0.25) is 4.57 Å². The van der Waals surface area contributed by atoms with Crippen molar-refractivity contribution < 1.29 is 20.1 Å². The molecule has 1 saturated heterocycles. The zero-order chi connectivity index (χ0) is 16.8. The average Bonchev–Trinajstić information content (AvgIpc) is 3.03. The molecule has 0 aromatic carbocycles. The van der Waals surface area contributed by atoms with E-state index in [1.807, 2.05) is 0 Å². The third-order valence-electron chi connectivity index (χ3n) is 3.74. The Bertz CT molecular complexity index is 812. The summed E-state index contributed by atoms with van der Waals surface area (Å²) in [6, 6.07) is 0. The summed E-state index contributed by atoms with van der Waals surface area (Å²) >= 11 is 0. The summed E-state index contributed by atoms with van der Waals surface area (Å²) in [5, 5.41) is 30.1. The molecule has 0 aliphatic carbocycles. The van der Waals surface area contributed by atoms with Crippen LogP contribution in [0.5, 0.6) is 0 Å². The highest BCUT2D eigenvalue weighted by Crippen LogP contribution is 2.38. The fourth-order valence-corrected chi connectivity index (χ4v) is 2.64. The van der Waals surface area contributed by atoms with Gasteiger partial charge in [-0.2, -0.15) is 9.97 Å². The molecule has 0 saturated carbocycles. The van der Waals surface area contributed by atoms with Crippen molar-refractivity contribution in [2.24, 2.45) is 0 Å². The zero-order valence-electron chi connectivity index (χ0n) is 12.2. The van der Waals surface area contributed by atoms with Gasteiger partial charge in [0.05, 0.1) is 12.9 Å². The maximum Gasteiger partial charge on any atom is 0.224 e. The van der Waals surface area contributed by atoms with Gasteiger partial charge in [0.15, 0.2) is 23.3 Å². The van der Waals surface area contributed by atoms with Crippen LogP contribution >= 0.6 is 0 Å². The van der Waals surface area contributed by atoms with Crippen LogP contribution in [0.4, 0.5) is 11.8 Å². The van der Waals surface area contributed by atoms with Gasteiger partial charge in [0.2, 0.25) is 5.95 Å². The van der Waals surface area contributed by atoms with Gasteiger partial charge in [-0.1, -0.05) is 5.92 Å². The van der Waals surface area contributed by atoms with Crippen molar-refractivity contribution in [1.82, 2.24) is 19.5 Å². The largest absolute Gasteiger partial charge is 0.392 e. The predicted molar refractivity (Wildman–Crippen MR) is 79.6 cm³/mol. The van der Waals surface area contributed by atoms with E-state index in [2.05, 4.69) is 26.8 Å². The van der Waals surface area contributed by atoms with E-state index >= 15 is 0 Å². The number of aliphatic hydroxyl groups excluding tert-OH is 3. The minimum atomic E-state index is -1.60. The smallest absolute Gasteiger partial charge is 0.224 e. The van der Waals surface area contributed by atoms with Crippen LogP contribution in [0.25, 0.3) is 11.2 Å². The van der Waals surface area contributed by atoms with Crippen LogP contribution in [0.1, 0.15) is 13.2 Å². The Balaban J connectivity index is 2.10. The van der Waals surface area contributed by atoms with E-state index in [1.165, 1.54) is 17.8 Å². The van der Waals surface area contributed by atoms with Crippen LogP contribution in [0.2, 0.25) is 0 Å². The molecule has 0 spiro atoms. The number of hydrogen-bond donors (Lipinski definition) is 5. The second kappa shape index (κ2) is 5.32. The summed E-state index contributed by atoms with van der Waals surface area (Å²) in [6.07, 6.45) is -2.52. The molecule has 1 aliphatic rings. The van der Waals surface area contributed by atoms with Gasteiger partial charge in [0.1, 0.15) is 17.7 Å². The van der Waals surface area contributed by atoms with Gasteiger partial charge in [-0.25, -0.2) is 4.98 Å². The number of fused-ring (bicyclic) bond motifs is 1. The van der Waals surface area contributed by atoms with Crippen molar-refractivity contribution in [3.05, 3.63) is 6.33 Å². The lowest BCUT2D eigenvalue weighted by Crippen LogP contribution is -2.45. The van der Waals surface area contributed by atoms with Crippen molar-refractivity contribution in [2.75, 3.05) is 18.1 Å². The molecule has 10 heteroatoms. The maximum absolute atomic E-state index is 10.3. The van der Waals surface area contributed by atoms with Gasteiger partial charge in [-0.15, -0.1) is 5.92 Å². The Labute approximate surface area is 130 Å². The number of rotatable bonds is 2. The number of ether oxygens (including phenoxy) is 1. The molecule has 2 aromatic heterocycles. The average molecular weight is 320 g/mol. The fourth-order valence-electron chi connectivity index (χ4n) is 2.64. The Kier molecular flexibility index (Phi) is 3.57. The lowest BCUT2D eigenvalue weighted by atomic mass is 9.97. The molecule has 10 nitrogen and oxygen atoms in total. The zero-order valence-corrected chi connectivity index (χ0v) is 12.2. The lowest BCUT2D eigenvalue weighted by Gasteiger charge is -2.23. The first kappa shape index (κ1) is 15.4. The molecule has 0 bridgehead atoms. The molecule has 3 rings (SSSR count). The van der Waals surface area contributed by atoms with E-state index in [0.29, 0.717) is 0 Å². The number of nitrogens with zero attached hydrogens (tertiary/aromatic N) is 4. The Morgan fingerprint density at radius 1 is 1.39 bits per heavy atom. The highest BCUT2D eigenvalue weighted by Gasteiger charge is 2.54. The number of nitrogen functional groups attached to an aromatic ring is 2. The molecule has 1 aliphatic heterocycles. The summed E-state index contributed by atoms with van der Waals surface area (Å²) in [7, 11) is 0. The van der Waals surface area contributed by atoms with Gasteiger partial charge in [-0.05, 0) is 6.92 Å². The van der Waals surface area contributed by atoms with Crippen molar-refractivity contribution in [3.63, 3.8) is 0 Å². The lowest BCUT2D eigenvalue weighted by molar-refractivity contribution is -0.0912. The standard InChI is InChI=1S/C13H16N6O4/c1-2-3-13(4-20)8(22)7(21)11(23-13)19-5-16-6-9(14)17-12(15)18-10(6)19/h5,7-8,11,20-22H,4H2,1H3,(H4,14,15,17,18). The summed E-state index contributed by atoms with van der Waals surface area (Å²) in [6.45, 7) is 0.947. The molecule has 4 atom stereocenters. The first-order valence-corrected chi connectivity index (χ1v) is 6.77. The first-order chi connectivity index (χ1) is 10.9. The van der Waals surface area contributed by atoms with Crippen LogP contribution in [-0.2, 0) is 4.74 Å². The number of hydrogen-bond acceptors (Lipinski definition) is 9. The fraction of sp³-hybridized carbons (Fsp3) is 0.462. The van der Waals surface area contributed by atoms with E-state index in [1.54, 1.807) is 0 Å². The summed E-state index contributed by atoms with van der Waals surface area (Å²) in [4.78, 5) is 11.9. The molecule has 4 unspecified atom stereocenters. The van der Waals surface area contributed by atoms with Crippen LogP contribution in [-0.4, -0.2) is 59.3 Å². The second-order valence-electron chi connectivity index (χ2n) is 5.16. The summed E-state index contributed by atoms with van der Waals surface area (Å²) in [5.41, 5.74) is 10.2. The molecule has 23 heavy (non-hydrogen) atoms. The summed E-state index contributed by atoms with van der Waals surface area (Å²) < 4.78 is 7.02. The van der Waals surface area contributed by atoms with Crippen molar-refractivity contribution in [2.45, 2.75) is 31.0 Å². The van der Waals surface area contributed by atoms with Crippen LogP contribution in [0.3, 0.4) is 0 Å². The molecular weight excluding hydrogens is 304 g/mol. The van der Waals surface area contributed by atoms with Gasteiger partial charge in [0, 0.05) is 0 Å². The molecule has 2 aromatic rings. The van der Waals surface area contributed by atoms with Crippen molar-refractivity contribution in [1.29, 1.82) is 0 Å². The molecule has 1 fully saturated rings. The Hall–Kier alpha value is -2.45. The molecule has 3 heterocycles. The SMILES string of the molecule is CC#CC1(CO)OC(n2cnc3c(N)nc(N)nc32)C(O)C1O. The topological polar surface area (TPSA) is 166 Å². The normalized spacial score (nSPS) is 30.3. The minimum absolute atomic E-state index is 0.0634. The molecular formula is C13H16N6O4. The van der Waals surface area contributed by atoms with E-state index in [-0.39, 0.29) is 22.9 Å². The van der Waals surface area contributed by atoms with E-state index in [0.717, 1.165) is 0 Å². The quantitative estimate of drug-likeness (QED) is 0.393. The van der Waals surface area contributed by atoms with E-state index in [9.17, 15) is 15.3 Å². The van der Waals surface area contributed by atoms with Crippen molar-refractivity contribution in [3.8, 4) is 11.8 Å². The van der Waals surface area contributed by atoms with E-state index < -0.39 is 30.6 Å². The number of imidazole rings is 1. The van der Waals surface area contributed by atoms with E-state index in [4.69, 9.17) is 16.2 Å². The third-order valence-corrected chi connectivity index (χ3v) is 3.74. The third kappa shape index (κ3) is 2.18. The minimum Gasteiger partial charge on any atom is -0.392 e. The molecule has 122 valence electrons. The molecule has 7 N–H and O–H groups in total. The van der Waals surface area contributed by atoms with Crippen LogP contribution < -0.4 is 11.5 Å². The first-order valence-electron chi connectivity index (χ1n) is 6.77. The Morgan fingerprint density at radius 3 is 2.78 bits per heavy atom.